The molecule has 0 unspecified atom stereocenters. The molecule has 0 atom stereocenters. The number of amides is 1. The summed E-state index contributed by atoms with van der Waals surface area (Å²) in [6.07, 6.45) is 1.50. The van der Waals surface area contributed by atoms with Crippen LogP contribution in [-0.2, 0) is 4.79 Å². The number of ether oxygens (including phenoxy) is 2. The standard InChI is InChI=1S/C17H17N5O3/c1-2-24-15-7-3-13(4-8-15)19-17(23)11-25-16-9-5-14(6-10-16)22-12-18-20-21-22/h3-10,12H,2,11H2,1H3,(H,19,23). The van der Waals surface area contributed by atoms with Crippen molar-refractivity contribution in [3.8, 4) is 17.2 Å². The number of carbonyl (C=O) groups excluding carboxylic acids is 1. The zero-order valence-corrected chi connectivity index (χ0v) is 13.6. The molecule has 1 aromatic heterocycles. The topological polar surface area (TPSA) is 91.2 Å². The van der Waals surface area contributed by atoms with Gasteiger partial charge in [-0.1, -0.05) is 0 Å². The maximum Gasteiger partial charge on any atom is 0.262 e. The summed E-state index contributed by atoms with van der Waals surface area (Å²) in [5.74, 6) is 1.10. The molecule has 1 heterocycles. The molecule has 0 radical (unpaired) electrons. The van der Waals surface area contributed by atoms with Gasteiger partial charge in [0.1, 0.15) is 17.8 Å². The van der Waals surface area contributed by atoms with Crippen LogP contribution in [0.5, 0.6) is 11.5 Å². The number of hydrogen-bond donors (Lipinski definition) is 1. The minimum Gasteiger partial charge on any atom is -0.494 e. The van der Waals surface area contributed by atoms with Gasteiger partial charge in [-0.3, -0.25) is 4.79 Å². The van der Waals surface area contributed by atoms with Crippen LogP contribution in [0.3, 0.4) is 0 Å². The normalized spacial score (nSPS) is 10.3. The smallest absolute Gasteiger partial charge is 0.262 e. The third-order valence-corrected chi connectivity index (χ3v) is 3.27. The van der Waals surface area contributed by atoms with Crippen molar-refractivity contribution in [2.45, 2.75) is 6.92 Å². The molecule has 1 amide bonds. The van der Waals surface area contributed by atoms with Crippen LogP contribution >= 0.6 is 0 Å². The van der Waals surface area contributed by atoms with Crippen molar-refractivity contribution in [1.29, 1.82) is 0 Å². The molecule has 0 aliphatic rings. The molecule has 1 N–H and O–H groups in total. The van der Waals surface area contributed by atoms with Gasteiger partial charge in [-0.15, -0.1) is 5.10 Å². The summed E-state index contributed by atoms with van der Waals surface area (Å²) in [4.78, 5) is 12.0. The lowest BCUT2D eigenvalue weighted by atomic mass is 10.3. The minimum atomic E-state index is -0.242. The van der Waals surface area contributed by atoms with Crippen molar-refractivity contribution in [2.75, 3.05) is 18.5 Å². The van der Waals surface area contributed by atoms with Gasteiger partial charge in [0, 0.05) is 5.69 Å². The van der Waals surface area contributed by atoms with Gasteiger partial charge in [-0.25, -0.2) is 4.68 Å². The first-order valence-electron chi connectivity index (χ1n) is 7.73. The second kappa shape index (κ2) is 7.91. The van der Waals surface area contributed by atoms with E-state index >= 15 is 0 Å². The Hall–Kier alpha value is -3.42. The van der Waals surface area contributed by atoms with Gasteiger partial charge in [-0.05, 0) is 65.9 Å². The minimum absolute atomic E-state index is 0.0859. The van der Waals surface area contributed by atoms with Crippen molar-refractivity contribution in [3.63, 3.8) is 0 Å². The number of aromatic nitrogens is 4. The molecule has 0 aliphatic carbocycles. The Bertz CT molecular complexity index is 801. The second-order valence-electron chi connectivity index (χ2n) is 5.04. The number of carbonyl (C=O) groups is 1. The fourth-order valence-corrected chi connectivity index (χ4v) is 2.12. The Labute approximate surface area is 144 Å². The highest BCUT2D eigenvalue weighted by Crippen LogP contribution is 2.16. The lowest BCUT2D eigenvalue weighted by Gasteiger charge is -2.09. The van der Waals surface area contributed by atoms with E-state index in [-0.39, 0.29) is 12.5 Å². The summed E-state index contributed by atoms with van der Waals surface area (Å²) in [5, 5.41) is 13.7. The third kappa shape index (κ3) is 4.54. The number of tetrazole rings is 1. The van der Waals surface area contributed by atoms with Crippen LogP contribution in [0.1, 0.15) is 6.92 Å². The molecule has 25 heavy (non-hydrogen) atoms. The number of hydrogen-bond acceptors (Lipinski definition) is 6. The first-order valence-corrected chi connectivity index (χ1v) is 7.73. The number of anilines is 1. The summed E-state index contributed by atoms with van der Waals surface area (Å²) >= 11 is 0. The lowest BCUT2D eigenvalue weighted by Crippen LogP contribution is -2.20. The summed E-state index contributed by atoms with van der Waals surface area (Å²) in [5.41, 5.74) is 1.49. The monoisotopic (exact) mass is 339 g/mol. The number of rotatable bonds is 7. The largest absolute Gasteiger partial charge is 0.494 e. The van der Waals surface area contributed by atoms with E-state index in [0.717, 1.165) is 11.4 Å². The average molecular weight is 339 g/mol. The summed E-state index contributed by atoms with van der Waals surface area (Å²) in [7, 11) is 0. The average Bonchev–Trinajstić information content (AvgIpc) is 3.17. The molecule has 0 fully saturated rings. The molecule has 3 aromatic rings. The Morgan fingerprint density at radius 2 is 1.72 bits per heavy atom. The predicted octanol–water partition coefficient (Wildman–Crippen LogP) is 2.08. The SMILES string of the molecule is CCOc1ccc(NC(=O)COc2ccc(-n3cnnn3)cc2)cc1. The Kier molecular flexibility index (Phi) is 5.20. The van der Waals surface area contributed by atoms with E-state index in [0.29, 0.717) is 18.0 Å². The molecule has 0 saturated heterocycles. The molecular formula is C17H17N5O3. The second-order valence-corrected chi connectivity index (χ2v) is 5.04. The third-order valence-electron chi connectivity index (χ3n) is 3.27. The van der Waals surface area contributed by atoms with Crippen LogP contribution in [0.2, 0.25) is 0 Å². The summed E-state index contributed by atoms with van der Waals surface area (Å²) in [6.45, 7) is 2.44. The maximum atomic E-state index is 12.0. The number of nitrogens with one attached hydrogen (secondary N) is 1. The van der Waals surface area contributed by atoms with Gasteiger partial charge in [0.25, 0.3) is 5.91 Å². The van der Waals surface area contributed by atoms with Crippen LogP contribution in [0.4, 0.5) is 5.69 Å². The molecular weight excluding hydrogens is 322 g/mol. The Morgan fingerprint density at radius 1 is 1.04 bits per heavy atom. The first-order chi connectivity index (χ1) is 12.2. The van der Waals surface area contributed by atoms with Crippen LogP contribution in [0.15, 0.2) is 54.9 Å². The summed E-state index contributed by atoms with van der Waals surface area (Å²) in [6, 6.07) is 14.3. The molecule has 8 heteroatoms. The van der Waals surface area contributed by atoms with E-state index in [1.807, 2.05) is 6.92 Å². The van der Waals surface area contributed by atoms with Gasteiger partial charge < -0.3 is 14.8 Å². The van der Waals surface area contributed by atoms with Gasteiger partial charge in [0.05, 0.1) is 12.3 Å². The van der Waals surface area contributed by atoms with Crippen molar-refractivity contribution in [1.82, 2.24) is 20.2 Å². The molecule has 0 aliphatic heterocycles. The van der Waals surface area contributed by atoms with Crippen LogP contribution in [-0.4, -0.2) is 39.3 Å². The van der Waals surface area contributed by atoms with Gasteiger partial charge >= 0.3 is 0 Å². The Balaban J connectivity index is 1.50. The van der Waals surface area contributed by atoms with Crippen molar-refractivity contribution < 1.29 is 14.3 Å². The molecule has 3 rings (SSSR count). The van der Waals surface area contributed by atoms with Crippen LogP contribution in [0, 0.1) is 0 Å². The fourth-order valence-electron chi connectivity index (χ4n) is 2.12. The molecule has 0 spiro atoms. The van der Waals surface area contributed by atoms with E-state index in [9.17, 15) is 4.79 Å². The number of benzene rings is 2. The number of nitrogens with zero attached hydrogens (tertiary/aromatic N) is 4. The Morgan fingerprint density at radius 3 is 2.36 bits per heavy atom. The summed E-state index contributed by atoms with van der Waals surface area (Å²) < 4.78 is 12.4. The van der Waals surface area contributed by atoms with Gasteiger partial charge in [0.2, 0.25) is 0 Å². The highest BCUT2D eigenvalue weighted by Gasteiger charge is 2.05. The molecule has 8 nitrogen and oxygen atoms in total. The van der Waals surface area contributed by atoms with Crippen LogP contribution in [0.25, 0.3) is 5.69 Å². The first kappa shape index (κ1) is 16.4. The van der Waals surface area contributed by atoms with Crippen molar-refractivity contribution >= 4 is 11.6 Å². The molecule has 0 saturated carbocycles. The maximum absolute atomic E-state index is 12.0. The van der Waals surface area contributed by atoms with Gasteiger partial charge in [-0.2, -0.15) is 0 Å². The zero-order valence-electron chi connectivity index (χ0n) is 13.6. The quantitative estimate of drug-likeness (QED) is 0.709. The van der Waals surface area contributed by atoms with Gasteiger partial charge in [0.15, 0.2) is 6.61 Å². The van der Waals surface area contributed by atoms with E-state index in [1.165, 1.54) is 11.0 Å². The van der Waals surface area contributed by atoms with E-state index in [4.69, 9.17) is 9.47 Å². The van der Waals surface area contributed by atoms with Crippen molar-refractivity contribution in [3.05, 3.63) is 54.9 Å². The van der Waals surface area contributed by atoms with Crippen LogP contribution < -0.4 is 14.8 Å². The lowest BCUT2D eigenvalue weighted by molar-refractivity contribution is -0.118. The van der Waals surface area contributed by atoms with E-state index < -0.39 is 0 Å². The molecule has 128 valence electrons. The zero-order chi connectivity index (χ0) is 17.5. The highest BCUT2D eigenvalue weighted by molar-refractivity contribution is 5.91. The molecule has 2 aromatic carbocycles. The fraction of sp³-hybridized carbons (Fsp3) is 0.176. The van der Waals surface area contributed by atoms with E-state index in [2.05, 4.69) is 20.8 Å². The van der Waals surface area contributed by atoms with Crippen molar-refractivity contribution in [2.24, 2.45) is 0 Å². The predicted molar refractivity (Wildman–Crippen MR) is 90.9 cm³/mol. The highest BCUT2D eigenvalue weighted by atomic mass is 16.5. The van der Waals surface area contributed by atoms with E-state index in [1.54, 1.807) is 48.5 Å². The molecule has 0 bridgehead atoms.